The highest BCUT2D eigenvalue weighted by atomic mass is 79.9. The highest BCUT2D eigenvalue weighted by Crippen LogP contribution is 2.13. The summed E-state index contributed by atoms with van der Waals surface area (Å²) in [5.74, 6) is 1.03. The third-order valence-corrected chi connectivity index (χ3v) is 6.02. The van der Waals surface area contributed by atoms with Crippen molar-refractivity contribution in [1.29, 1.82) is 0 Å². The fourth-order valence-corrected chi connectivity index (χ4v) is 4.70. The molecule has 0 saturated carbocycles. The third-order valence-electron chi connectivity index (χ3n) is 3.78. The molecule has 2 aromatic rings. The van der Waals surface area contributed by atoms with E-state index in [1.54, 1.807) is 0 Å². The van der Waals surface area contributed by atoms with Gasteiger partial charge in [-0.1, -0.05) is 0 Å². The zero-order valence-electron chi connectivity index (χ0n) is 13.4. The van der Waals surface area contributed by atoms with Gasteiger partial charge in [0.15, 0.2) is 15.8 Å². The lowest BCUT2D eigenvalue weighted by Gasteiger charge is -2.15. The lowest BCUT2D eigenvalue weighted by atomic mass is 10.3. The zero-order chi connectivity index (χ0) is 17.2. The number of nitrogens with zero attached hydrogens (tertiary/aromatic N) is 3. The van der Waals surface area contributed by atoms with Crippen molar-refractivity contribution in [1.82, 2.24) is 20.0 Å². The summed E-state index contributed by atoms with van der Waals surface area (Å²) in [4.78, 5) is 9.05. The maximum absolute atomic E-state index is 11.6. The molecule has 1 aliphatic heterocycles. The largest absolute Gasteiger partial charge is 0.357 e. The first-order valence-electron chi connectivity index (χ1n) is 7.83. The Morgan fingerprint density at radius 3 is 3.00 bits per heavy atom. The first-order chi connectivity index (χ1) is 11.4. The van der Waals surface area contributed by atoms with E-state index in [-0.39, 0.29) is 17.5 Å². The van der Waals surface area contributed by atoms with Gasteiger partial charge in [0, 0.05) is 29.5 Å². The van der Waals surface area contributed by atoms with Gasteiger partial charge >= 0.3 is 0 Å². The van der Waals surface area contributed by atoms with Crippen LogP contribution in [-0.4, -0.2) is 47.9 Å². The van der Waals surface area contributed by atoms with Crippen molar-refractivity contribution in [3.8, 4) is 0 Å². The van der Waals surface area contributed by atoms with Crippen LogP contribution in [0.2, 0.25) is 0 Å². The second kappa shape index (κ2) is 7.10. The first kappa shape index (κ1) is 17.2. The predicted octanol–water partition coefficient (Wildman–Crippen LogP) is 1.34. The molecule has 3 heterocycles. The van der Waals surface area contributed by atoms with Crippen molar-refractivity contribution in [2.24, 2.45) is 4.99 Å². The van der Waals surface area contributed by atoms with Crippen LogP contribution in [0.3, 0.4) is 0 Å². The molecule has 0 spiro atoms. The van der Waals surface area contributed by atoms with Crippen LogP contribution in [0.1, 0.15) is 19.0 Å². The number of sulfone groups is 1. The van der Waals surface area contributed by atoms with Gasteiger partial charge in [-0.15, -0.1) is 0 Å². The molecule has 0 amide bonds. The number of imidazole rings is 1. The van der Waals surface area contributed by atoms with E-state index < -0.39 is 9.84 Å². The molecule has 1 saturated heterocycles. The number of halogens is 1. The normalized spacial score (nSPS) is 20.4. The van der Waals surface area contributed by atoms with Crippen molar-refractivity contribution in [3.05, 3.63) is 34.7 Å². The third kappa shape index (κ3) is 4.27. The van der Waals surface area contributed by atoms with Gasteiger partial charge in [-0.25, -0.2) is 18.4 Å². The van der Waals surface area contributed by atoms with Crippen LogP contribution in [0.5, 0.6) is 0 Å². The van der Waals surface area contributed by atoms with E-state index in [1.807, 2.05) is 35.9 Å². The monoisotopic (exact) mass is 413 g/mol. The summed E-state index contributed by atoms with van der Waals surface area (Å²) in [6.45, 7) is 3.11. The van der Waals surface area contributed by atoms with Gasteiger partial charge in [0.1, 0.15) is 5.65 Å². The maximum Gasteiger partial charge on any atom is 0.191 e. The van der Waals surface area contributed by atoms with Crippen LogP contribution < -0.4 is 10.6 Å². The summed E-state index contributed by atoms with van der Waals surface area (Å²) < 4.78 is 26.1. The smallest absolute Gasteiger partial charge is 0.191 e. The molecule has 0 aliphatic carbocycles. The molecule has 3 rings (SSSR count). The molecule has 130 valence electrons. The number of aliphatic imine (C=N–C) groups is 1. The average Bonchev–Trinajstić information content (AvgIpc) is 3.07. The van der Waals surface area contributed by atoms with Gasteiger partial charge in [-0.05, 0) is 41.4 Å². The van der Waals surface area contributed by atoms with Gasteiger partial charge in [-0.2, -0.15) is 0 Å². The SMILES string of the molecule is CCNC(=NCc1cn2cc(Br)ccc2n1)NC1CCS(=O)(=O)C1. The Bertz CT molecular complexity index is 862. The van der Waals surface area contributed by atoms with Crippen LogP contribution in [0.25, 0.3) is 5.65 Å². The molecule has 0 aromatic carbocycles. The van der Waals surface area contributed by atoms with Crippen molar-refractivity contribution >= 4 is 37.4 Å². The van der Waals surface area contributed by atoms with E-state index >= 15 is 0 Å². The quantitative estimate of drug-likeness (QED) is 0.583. The molecule has 0 bridgehead atoms. The topological polar surface area (TPSA) is 87.9 Å². The fourth-order valence-electron chi connectivity index (χ4n) is 2.68. The van der Waals surface area contributed by atoms with Crippen molar-refractivity contribution in [3.63, 3.8) is 0 Å². The molecule has 1 unspecified atom stereocenters. The molecule has 2 aromatic heterocycles. The number of hydrogen-bond acceptors (Lipinski definition) is 4. The molecule has 1 aliphatic rings. The van der Waals surface area contributed by atoms with E-state index in [0.29, 0.717) is 25.5 Å². The first-order valence-corrected chi connectivity index (χ1v) is 10.4. The number of hydrogen-bond donors (Lipinski definition) is 2. The van der Waals surface area contributed by atoms with E-state index in [0.717, 1.165) is 15.8 Å². The number of aromatic nitrogens is 2. The fraction of sp³-hybridized carbons (Fsp3) is 0.467. The van der Waals surface area contributed by atoms with E-state index in [2.05, 4.69) is 36.5 Å². The lowest BCUT2D eigenvalue weighted by Crippen LogP contribution is -2.44. The van der Waals surface area contributed by atoms with Gasteiger partial charge in [0.05, 0.1) is 23.7 Å². The van der Waals surface area contributed by atoms with E-state index in [4.69, 9.17) is 0 Å². The second-order valence-electron chi connectivity index (χ2n) is 5.78. The summed E-state index contributed by atoms with van der Waals surface area (Å²) in [6, 6.07) is 3.80. The Labute approximate surface area is 149 Å². The number of nitrogens with one attached hydrogen (secondary N) is 2. The highest BCUT2D eigenvalue weighted by Gasteiger charge is 2.28. The Balaban J connectivity index is 1.70. The summed E-state index contributed by atoms with van der Waals surface area (Å²) >= 11 is 3.44. The van der Waals surface area contributed by atoms with Gasteiger partial charge in [-0.3, -0.25) is 0 Å². The summed E-state index contributed by atoms with van der Waals surface area (Å²) in [5.41, 5.74) is 1.72. The molecular weight excluding hydrogens is 394 g/mol. The summed E-state index contributed by atoms with van der Waals surface area (Å²) in [6.07, 6.45) is 4.50. The molecule has 9 heteroatoms. The second-order valence-corrected chi connectivity index (χ2v) is 8.93. The molecule has 24 heavy (non-hydrogen) atoms. The van der Waals surface area contributed by atoms with Crippen molar-refractivity contribution in [2.75, 3.05) is 18.1 Å². The lowest BCUT2D eigenvalue weighted by molar-refractivity contribution is 0.599. The summed E-state index contributed by atoms with van der Waals surface area (Å²) in [5, 5.41) is 6.36. The van der Waals surface area contributed by atoms with Gasteiger partial charge in [0.2, 0.25) is 0 Å². The molecule has 1 atom stereocenters. The van der Waals surface area contributed by atoms with Crippen LogP contribution in [0.4, 0.5) is 0 Å². The maximum atomic E-state index is 11.6. The van der Waals surface area contributed by atoms with Gasteiger partial charge in [0.25, 0.3) is 0 Å². The van der Waals surface area contributed by atoms with Crippen LogP contribution >= 0.6 is 15.9 Å². The van der Waals surface area contributed by atoms with Crippen LogP contribution in [0.15, 0.2) is 34.0 Å². The molecule has 2 N–H and O–H groups in total. The average molecular weight is 414 g/mol. The van der Waals surface area contributed by atoms with Crippen LogP contribution in [0, 0.1) is 0 Å². The number of guanidine groups is 1. The Morgan fingerprint density at radius 2 is 2.29 bits per heavy atom. The number of rotatable bonds is 4. The zero-order valence-corrected chi connectivity index (χ0v) is 15.8. The number of fused-ring (bicyclic) bond motifs is 1. The minimum atomic E-state index is -2.91. The van der Waals surface area contributed by atoms with Crippen molar-refractivity contribution in [2.45, 2.75) is 25.9 Å². The Kier molecular flexibility index (Phi) is 5.09. The summed E-state index contributed by atoms with van der Waals surface area (Å²) in [7, 11) is -2.91. The van der Waals surface area contributed by atoms with Crippen LogP contribution in [-0.2, 0) is 16.4 Å². The molecular formula is C15H20BrN5O2S. The standard InChI is InChI=1S/C15H20BrN5O2S/c1-2-17-15(20-12-5-6-24(22,23)10-12)18-7-13-9-21-8-11(16)3-4-14(21)19-13/h3-4,8-9,12H,2,5-7,10H2,1H3,(H2,17,18,20). The Hall–Kier alpha value is -1.61. The molecule has 0 radical (unpaired) electrons. The highest BCUT2D eigenvalue weighted by molar-refractivity contribution is 9.10. The minimum absolute atomic E-state index is 0.0789. The van der Waals surface area contributed by atoms with Crippen molar-refractivity contribution < 1.29 is 8.42 Å². The molecule has 7 nitrogen and oxygen atoms in total. The predicted molar refractivity (Wildman–Crippen MR) is 97.9 cm³/mol. The Morgan fingerprint density at radius 1 is 1.46 bits per heavy atom. The van der Waals surface area contributed by atoms with E-state index in [1.165, 1.54) is 0 Å². The van der Waals surface area contributed by atoms with E-state index in [9.17, 15) is 8.42 Å². The van der Waals surface area contributed by atoms with Gasteiger partial charge < -0.3 is 15.0 Å². The molecule has 1 fully saturated rings. The number of pyridine rings is 1. The minimum Gasteiger partial charge on any atom is -0.357 e.